The van der Waals surface area contributed by atoms with Gasteiger partial charge in [0.1, 0.15) is 17.1 Å². The van der Waals surface area contributed by atoms with E-state index in [1.807, 2.05) is 61.5 Å². The summed E-state index contributed by atoms with van der Waals surface area (Å²) >= 11 is 3.37. The minimum absolute atomic E-state index is 0.189. The van der Waals surface area contributed by atoms with Gasteiger partial charge in [-0.3, -0.25) is 4.79 Å². The van der Waals surface area contributed by atoms with Gasteiger partial charge in [-0.2, -0.15) is 0 Å². The summed E-state index contributed by atoms with van der Waals surface area (Å²) in [4.78, 5) is 12.3. The molecule has 2 atom stereocenters. The van der Waals surface area contributed by atoms with Crippen molar-refractivity contribution in [2.45, 2.75) is 26.0 Å². The Hall–Kier alpha value is -2.27. The van der Waals surface area contributed by atoms with Gasteiger partial charge in [-0.1, -0.05) is 34.1 Å². The van der Waals surface area contributed by atoms with E-state index in [0.29, 0.717) is 5.75 Å². The summed E-state index contributed by atoms with van der Waals surface area (Å²) in [7, 11) is 0. The average Bonchev–Trinajstić information content (AvgIpc) is 3.01. The molecule has 0 fully saturated rings. The van der Waals surface area contributed by atoms with E-state index in [1.54, 1.807) is 6.92 Å². The van der Waals surface area contributed by atoms with E-state index < -0.39 is 6.10 Å². The quantitative estimate of drug-likeness (QED) is 0.681. The van der Waals surface area contributed by atoms with Crippen molar-refractivity contribution in [2.24, 2.45) is 0 Å². The maximum atomic E-state index is 12.3. The molecule has 24 heavy (non-hydrogen) atoms. The maximum Gasteiger partial charge on any atom is 0.261 e. The van der Waals surface area contributed by atoms with Crippen molar-refractivity contribution in [2.75, 3.05) is 0 Å². The molecule has 4 nitrogen and oxygen atoms in total. The van der Waals surface area contributed by atoms with Gasteiger partial charge < -0.3 is 14.5 Å². The Morgan fingerprint density at radius 3 is 2.54 bits per heavy atom. The molecule has 1 amide bonds. The number of ether oxygens (including phenoxy) is 1. The standard InChI is InChI=1S/C19H18BrNO3/c1-12(18-11-14-5-3-4-6-17(14)24-18)21-19(22)13(2)23-16-9-7-15(20)8-10-16/h3-13H,1-2H3,(H,21,22)/t12-,13+/m0/s1. The van der Waals surface area contributed by atoms with Gasteiger partial charge in [0.25, 0.3) is 5.91 Å². The highest BCUT2D eigenvalue weighted by molar-refractivity contribution is 9.10. The largest absolute Gasteiger partial charge is 0.481 e. The third kappa shape index (κ3) is 3.79. The van der Waals surface area contributed by atoms with Crippen LogP contribution >= 0.6 is 15.9 Å². The van der Waals surface area contributed by atoms with E-state index in [2.05, 4.69) is 21.2 Å². The first-order chi connectivity index (χ1) is 11.5. The maximum absolute atomic E-state index is 12.3. The van der Waals surface area contributed by atoms with Crippen LogP contribution in [-0.2, 0) is 4.79 Å². The van der Waals surface area contributed by atoms with Crippen LogP contribution in [0.25, 0.3) is 11.0 Å². The molecule has 5 heteroatoms. The molecule has 0 aliphatic rings. The second-order valence-corrected chi connectivity index (χ2v) is 6.55. The van der Waals surface area contributed by atoms with Gasteiger partial charge in [-0.25, -0.2) is 0 Å². The van der Waals surface area contributed by atoms with E-state index in [9.17, 15) is 4.79 Å². The van der Waals surface area contributed by atoms with Crippen LogP contribution in [0.1, 0.15) is 25.6 Å². The molecule has 1 heterocycles. The van der Waals surface area contributed by atoms with Crippen molar-refractivity contribution < 1.29 is 13.9 Å². The minimum Gasteiger partial charge on any atom is -0.481 e. The summed E-state index contributed by atoms with van der Waals surface area (Å²) in [6.07, 6.45) is -0.599. The number of para-hydroxylation sites is 1. The minimum atomic E-state index is -0.599. The molecule has 0 bridgehead atoms. The lowest BCUT2D eigenvalue weighted by Gasteiger charge is -2.17. The van der Waals surface area contributed by atoms with Crippen molar-refractivity contribution in [3.63, 3.8) is 0 Å². The van der Waals surface area contributed by atoms with E-state index in [1.165, 1.54) is 0 Å². The summed E-state index contributed by atoms with van der Waals surface area (Å²) in [5.41, 5.74) is 0.813. The molecule has 0 spiro atoms. The predicted molar refractivity (Wildman–Crippen MR) is 97.0 cm³/mol. The van der Waals surface area contributed by atoms with Gasteiger partial charge in [0.2, 0.25) is 0 Å². The molecule has 0 unspecified atom stereocenters. The van der Waals surface area contributed by atoms with Crippen LogP contribution in [0.2, 0.25) is 0 Å². The molecule has 0 radical (unpaired) electrons. The monoisotopic (exact) mass is 387 g/mol. The number of carbonyl (C=O) groups excluding carboxylic acids is 1. The zero-order valence-corrected chi connectivity index (χ0v) is 15.0. The van der Waals surface area contributed by atoms with Crippen LogP contribution in [0.4, 0.5) is 0 Å². The number of benzene rings is 2. The second-order valence-electron chi connectivity index (χ2n) is 5.63. The topological polar surface area (TPSA) is 51.5 Å². The van der Waals surface area contributed by atoms with Crippen LogP contribution in [-0.4, -0.2) is 12.0 Å². The van der Waals surface area contributed by atoms with E-state index in [-0.39, 0.29) is 11.9 Å². The highest BCUT2D eigenvalue weighted by Gasteiger charge is 2.19. The molecule has 0 aliphatic heterocycles. The molecule has 2 aromatic carbocycles. The highest BCUT2D eigenvalue weighted by Crippen LogP contribution is 2.24. The Kier molecular flexibility index (Phi) is 4.90. The zero-order chi connectivity index (χ0) is 17.1. The lowest BCUT2D eigenvalue weighted by molar-refractivity contribution is -0.128. The van der Waals surface area contributed by atoms with Crippen molar-refractivity contribution in [3.8, 4) is 5.75 Å². The summed E-state index contributed by atoms with van der Waals surface area (Å²) in [6.45, 7) is 3.62. The Bertz CT molecular complexity index is 808. The number of nitrogens with one attached hydrogen (secondary N) is 1. The first-order valence-electron chi connectivity index (χ1n) is 7.74. The number of amides is 1. The van der Waals surface area contributed by atoms with E-state index in [4.69, 9.17) is 9.15 Å². The summed E-state index contributed by atoms with van der Waals surface area (Å²) in [5.74, 6) is 1.18. The SMILES string of the molecule is C[C@H](NC(=O)[C@@H](C)Oc1ccc(Br)cc1)c1cc2ccccc2o1. The Morgan fingerprint density at radius 2 is 1.83 bits per heavy atom. The first kappa shape index (κ1) is 16.6. The van der Waals surface area contributed by atoms with Crippen LogP contribution in [0.5, 0.6) is 5.75 Å². The summed E-state index contributed by atoms with van der Waals surface area (Å²) in [5, 5.41) is 3.94. The molecule has 3 aromatic rings. The molecule has 3 rings (SSSR count). The second kappa shape index (κ2) is 7.09. The van der Waals surface area contributed by atoms with Gasteiger partial charge in [0, 0.05) is 9.86 Å². The number of furan rings is 1. The zero-order valence-electron chi connectivity index (χ0n) is 13.5. The number of carbonyl (C=O) groups is 1. The van der Waals surface area contributed by atoms with E-state index >= 15 is 0 Å². The fourth-order valence-corrected chi connectivity index (χ4v) is 2.65. The number of hydrogen-bond acceptors (Lipinski definition) is 3. The lowest BCUT2D eigenvalue weighted by atomic mass is 10.2. The highest BCUT2D eigenvalue weighted by atomic mass is 79.9. The first-order valence-corrected chi connectivity index (χ1v) is 8.53. The van der Waals surface area contributed by atoms with Crippen molar-refractivity contribution in [1.29, 1.82) is 0 Å². The molecule has 0 saturated heterocycles. The Morgan fingerprint density at radius 1 is 1.12 bits per heavy atom. The molecule has 124 valence electrons. The van der Waals surface area contributed by atoms with Crippen LogP contribution < -0.4 is 10.1 Å². The third-order valence-corrected chi connectivity index (χ3v) is 4.25. The van der Waals surface area contributed by atoms with Crippen LogP contribution in [0, 0.1) is 0 Å². The average molecular weight is 388 g/mol. The number of halogens is 1. The molecular weight excluding hydrogens is 370 g/mol. The van der Waals surface area contributed by atoms with Crippen molar-refractivity contribution in [3.05, 3.63) is 64.8 Å². The fraction of sp³-hybridized carbons (Fsp3) is 0.211. The van der Waals surface area contributed by atoms with Crippen LogP contribution in [0.3, 0.4) is 0 Å². The van der Waals surface area contributed by atoms with Gasteiger partial charge in [0.15, 0.2) is 6.10 Å². The van der Waals surface area contributed by atoms with Gasteiger partial charge in [-0.05, 0) is 50.2 Å². The third-order valence-electron chi connectivity index (χ3n) is 3.73. The molecular formula is C19H18BrNO3. The number of hydrogen-bond donors (Lipinski definition) is 1. The molecule has 1 aromatic heterocycles. The summed E-state index contributed by atoms with van der Waals surface area (Å²) < 4.78 is 12.4. The van der Waals surface area contributed by atoms with Gasteiger partial charge >= 0.3 is 0 Å². The number of rotatable bonds is 5. The Balaban J connectivity index is 1.63. The molecule has 0 aliphatic carbocycles. The molecule has 0 saturated carbocycles. The van der Waals surface area contributed by atoms with Gasteiger partial charge in [-0.15, -0.1) is 0 Å². The molecule has 1 N–H and O–H groups in total. The smallest absolute Gasteiger partial charge is 0.261 e. The van der Waals surface area contributed by atoms with Crippen LogP contribution in [0.15, 0.2) is 63.5 Å². The van der Waals surface area contributed by atoms with E-state index in [0.717, 1.165) is 21.2 Å². The lowest BCUT2D eigenvalue weighted by Crippen LogP contribution is -2.37. The van der Waals surface area contributed by atoms with Crippen molar-refractivity contribution >= 4 is 32.8 Å². The van der Waals surface area contributed by atoms with Gasteiger partial charge in [0.05, 0.1) is 6.04 Å². The fourth-order valence-electron chi connectivity index (χ4n) is 2.39. The summed E-state index contributed by atoms with van der Waals surface area (Å²) in [6, 6.07) is 16.9. The normalized spacial score (nSPS) is 13.5. The Labute approximate surface area is 148 Å². The number of fused-ring (bicyclic) bond motifs is 1. The predicted octanol–water partition coefficient (Wildman–Crippen LogP) is 4.84. The van der Waals surface area contributed by atoms with Crippen molar-refractivity contribution in [1.82, 2.24) is 5.32 Å².